The van der Waals surface area contributed by atoms with E-state index in [9.17, 15) is 13.2 Å². The topological polar surface area (TPSA) is 22.1 Å². The molecule has 0 amide bonds. The van der Waals surface area contributed by atoms with Crippen molar-refractivity contribution in [3.8, 4) is 16.2 Å². The van der Waals surface area contributed by atoms with Crippen LogP contribution in [0.1, 0.15) is 35.6 Å². The molecule has 0 spiro atoms. The van der Waals surface area contributed by atoms with E-state index >= 15 is 0 Å². The van der Waals surface area contributed by atoms with Crippen LogP contribution in [0.3, 0.4) is 0 Å². The third-order valence-electron chi connectivity index (χ3n) is 4.42. The number of aromatic nitrogens is 1. The van der Waals surface area contributed by atoms with E-state index in [1.54, 1.807) is 6.07 Å². The molecule has 0 saturated heterocycles. The van der Waals surface area contributed by atoms with Crippen LogP contribution in [0, 0.1) is 6.92 Å². The molecule has 28 heavy (non-hydrogen) atoms. The minimum absolute atomic E-state index is 0.0451. The first-order valence-electron chi connectivity index (χ1n) is 8.84. The SMILES string of the molecule is CCCc1ccc(OCc2c(Cl)nsc2-c2ccccc2C)cc1C(F)(F)F. The predicted molar refractivity (Wildman–Crippen MR) is 107 cm³/mol. The Morgan fingerprint density at radius 2 is 1.89 bits per heavy atom. The summed E-state index contributed by atoms with van der Waals surface area (Å²) >= 11 is 7.48. The Morgan fingerprint density at radius 1 is 1.14 bits per heavy atom. The molecule has 3 aromatic rings. The molecule has 0 N–H and O–H groups in total. The quantitative estimate of drug-likeness (QED) is 0.412. The summed E-state index contributed by atoms with van der Waals surface area (Å²) in [7, 11) is 0. The molecular weight excluding hydrogens is 407 g/mol. The number of halogens is 4. The fourth-order valence-electron chi connectivity index (χ4n) is 3.01. The van der Waals surface area contributed by atoms with E-state index in [0.29, 0.717) is 23.6 Å². The van der Waals surface area contributed by atoms with Gasteiger partial charge in [-0.15, -0.1) is 0 Å². The van der Waals surface area contributed by atoms with Crippen LogP contribution in [0.25, 0.3) is 10.4 Å². The fraction of sp³-hybridized carbons (Fsp3) is 0.286. The maximum atomic E-state index is 13.4. The minimum Gasteiger partial charge on any atom is -0.489 e. The van der Waals surface area contributed by atoms with Crippen LogP contribution in [-0.4, -0.2) is 4.37 Å². The van der Waals surface area contributed by atoms with E-state index < -0.39 is 11.7 Å². The number of hydrogen-bond donors (Lipinski definition) is 0. The highest BCUT2D eigenvalue weighted by Gasteiger charge is 2.33. The normalized spacial score (nSPS) is 11.6. The van der Waals surface area contributed by atoms with Gasteiger partial charge in [-0.3, -0.25) is 0 Å². The summed E-state index contributed by atoms with van der Waals surface area (Å²) in [6.45, 7) is 3.88. The van der Waals surface area contributed by atoms with Crippen molar-refractivity contribution < 1.29 is 17.9 Å². The lowest BCUT2D eigenvalue weighted by Crippen LogP contribution is -2.10. The summed E-state index contributed by atoms with van der Waals surface area (Å²) in [5, 5.41) is 0.307. The minimum atomic E-state index is -4.42. The fourth-order valence-corrected chi connectivity index (χ4v) is 4.19. The monoisotopic (exact) mass is 425 g/mol. The molecule has 3 rings (SSSR count). The number of rotatable bonds is 6. The third kappa shape index (κ3) is 4.50. The van der Waals surface area contributed by atoms with Gasteiger partial charge >= 0.3 is 6.18 Å². The van der Waals surface area contributed by atoms with Crippen LogP contribution < -0.4 is 4.74 Å². The molecule has 1 heterocycles. The molecular formula is C21H19ClF3NOS. The number of hydrogen-bond acceptors (Lipinski definition) is 3. The van der Waals surface area contributed by atoms with Gasteiger partial charge in [0.15, 0.2) is 0 Å². The van der Waals surface area contributed by atoms with Gasteiger partial charge in [0.2, 0.25) is 0 Å². The van der Waals surface area contributed by atoms with Gasteiger partial charge < -0.3 is 4.74 Å². The van der Waals surface area contributed by atoms with Crippen molar-refractivity contribution in [2.75, 3.05) is 0 Å². The van der Waals surface area contributed by atoms with Crippen molar-refractivity contribution in [3.05, 3.63) is 69.9 Å². The van der Waals surface area contributed by atoms with Crippen molar-refractivity contribution >= 4 is 23.1 Å². The van der Waals surface area contributed by atoms with Gasteiger partial charge in [-0.05, 0) is 53.7 Å². The van der Waals surface area contributed by atoms with E-state index in [1.165, 1.54) is 17.6 Å². The molecule has 0 radical (unpaired) electrons. The first-order valence-corrected chi connectivity index (χ1v) is 9.99. The van der Waals surface area contributed by atoms with Crippen LogP contribution >= 0.6 is 23.1 Å². The van der Waals surface area contributed by atoms with Gasteiger partial charge in [-0.2, -0.15) is 17.5 Å². The maximum Gasteiger partial charge on any atom is 0.416 e. The second kappa shape index (κ2) is 8.53. The van der Waals surface area contributed by atoms with Gasteiger partial charge in [0.1, 0.15) is 17.5 Å². The zero-order chi connectivity index (χ0) is 20.3. The number of nitrogens with zero attached hydrogens (tertiary/aromatic N) is 1. The summed E-state index contributed by atoms with van der Waals surface area (Å²) < 4.78 is 50.0. The highest BCUT2D eigenvalue weighted by Crippen LogP contribution is 2.37. The third-order valence-corrected chi connectivity index (χ3v) is 5.75. The lowest BCUT2D eigenvalue weighted by atomic mass is 10.0. The molecule has 0 aliphatic rings. The second-order valence-electron chi connectivity index (χ2n) is 6.45. The highest BCUT2D eigenvalue weighted by atomic mass is 35.5. The Hall–Kier alpha value is -2.05. The van der Waals surface area contributed by atoms with Gasteiger partial charge in [-0.1, -0.05) is 55.3 Å². The zero-order valence-corrected chi connectivity index (χ0v) is 17.0. The van der Waals surface area contributed by atoms with Crippen molar-refractivity contribution in [3.63, 3.8) is 0 Å². The molecule has 7 heteroatoms. The Labute approximate surface area is 171 Å². The van der Waals surface area contributed by atoms with Crippen molar-refractivity contribution in [2.45, 2.75) is 39.5 Å². The van der Waals surface area contributed by atoms with E-state index in [1.807, 2.05) is 38.1 Å². The first kappa shape index (κ1) is 20.7. The number of alkyl halides is 3. The maximum absolute atomic E-state index is 13.4. The Kier molecular flexibility index (Phi) is 6.30. The Bertz CT molecular complexity index is 969. The van der Waals surface area contributed by atoms with E-state index in [2.05, 4.69) is 4.37 Å². The number of aryl methyl sites for hydroxylation is 2. The van der Waals surface area contributed by atoms with Crippen LogP contribution in [-0.2, 0) is 19.2 Å². The lowest BCUT2D eigenvalue weighted by molar-refractivity contribution is -0.138. The zero-order valence-electron chi connectivity index (χ0n) is 15.4. The lowest BCUT2D eigenvalue weighted by Gasteiger charge is -2.15. The Morgan fingerprint density at radius 3 is 2.57 bits per heavy atom. The molecule has 0 atom stereocenters. The second-order valence-corrected chi connectivity index (χ2v) is 7.58. The van der Waals surface area contributed by atoms with Crippen molar-refractivity contribution in [2.24, 2.45) is 0 Å². The van der Waals surface area contributed by atoms with Crippen LogP contribution in [0.4, 0.5) is 13.2 Å². The predicted octanol–water partition coefficient (Wildman–Crippen LogP) is 7.32. The van der Waals surface area contributed by atoms with Gasteiger partial charge in [0.05, 0.1) is 10.4 Å². The van der Waals surface area contributed by atoms with Gasteiger partial charge in [0.25, 0.3) is 0 Å². The van der Waals surface area contributed by atoms with E-state index in [4.69, 9.17) is 16.3 Å². The average Bonchev–Trinajstić information content (AvgIpc) is 3.01. The van der Waals surface area contributed by atoms with Gasteiger partial charge in [-0.25, -0.2) is 0 Å². The van der Waals surface area contributed by atoms with Crippen molar-refractivity contribution in [1.29, 1.82) is 0 Å². The molecule has 148 valence electrons. The standard InChI is InChI=1S/C21H19ClF3NOS/c1-3-6-14-9-10-15(11-18(14)21(23,24)25)27-12-17-19(28-26-20(17)22)16-8-5-4-7-13(16)2/h4-5,7-11H,3,6,12H2,1-2H3. The summed E-state index contributed by atoms with van der Waals surface area (Å²) in [5.41, 5.74) is 2.35. The van der Waals surface area contributed by atoms with E-state index in [0.717, 1.165) is 22.1 Å². The molecule has 0 saturated carbocycles. The summed E-state index contributed by atoms with van der Waals surface area (Å²) in [6, 6.07) is 11.9. The average molecular weight is 426 g/mol. The molecule has 2 aromatic carbocycles. The largest absolute Gasteiger partial charge is 0.489 e. The van der Waals surface area contributed by atoms with Crippen LogP contribution in [0.2, 0.25) is 5.15 Å². The molecule has 0 fully saturated rings. The Balaban J connectivity index is 1.88. The van der Waals surface area contributed by atoms with Crippen molar-refractivity contribution in [1.82, 2.24) is 4.37 Å². The summed E-state index contributed by atoms with van der Waals surface area (Å²) in [6.07, 6.45) is -3.41. The number of ether oxygens (including phenoxy) is 1. The molecule has 0 bridgehead atoms. The van der Waals surface area contributed by atoms with Crippen LogP contribution in [0.5, 0.6) is 5.75 Å². The summed E-state index contributed by atoms with van der Waals surface area (Å²) in [4.78, 5) is 0.863. The summed E-state index contributed by atoms with van der Waals surface area (Å²) in [5.74, 6) is 0.158. The smallest absolute Gasteiger partial charge is 0.416 e. The molecule has 1 aromatic heterocycles. The molecule has 0 unspecified atom stereocenters. The van der Waals surface area contributed by atoms with E-state index in [-0.39, 0.29) is 17.9 Å². The molecule has 0 aliphatic carbocycles. The van der Waals surface area contributed by atoms with Crippen LogP contribution in [0.15, 0.2) is 42.5 Å². The molecule has 0 aliphatic heterocycles. The van der Waals surface area contributed by atoms with Gasteiger partial charge in [0, 0.05) is 5.56 Å². The highest BCUT2D eigenvalue weighted by molar-refractivity contribution is 7.10. The number of benzene rings is 2. The molecule has 2 nitrogen and oxygen atoms in total. The first-order chi connectivity index (χ1) is 13.3.